The maximum absolute atomic E-state index is 3.95. The predicted molar refractivity (Wildman–Crippen MR) is 53.0 cm³/mol. The molecule has 64 valence electrons. The third-order valence-electron chi connectivity index (χ3n) is 1.64. The molecule has 2 aromatic rings. The number of hydrogen-bond donors (Lipinski definition) is 0. The predicted octanol–water partition coefficient (Wildman–Crippen LogP) is 2.30. The molecule has 0 N–H and O–H groups in total. The fraction of sp³-hybridized carbons (Fsp3) is 0. The minimum Gasteiger partial charge on any atom is -0.265 e. The summed E-state index contributed by atoms with van der Waals surface area (Å²) in [5, 5.41) is 7.66. The first-order valence-electron chi connectivity index (χ1n) is 3.75. The van der Waals surface area contributed by atoms with Crippen LogP contribution >= 0.6 is 15.9 Å². The van der Waals surface area contributed by atoms with Gasteiger partial charge in [0.2, 0.25) is 0 Å². The zero-order chi connectivity index (χ0) is 9.10. The quantitative estimate of drug-likeness (QED) is 0.762. The standard InChI is InChI=1S/C9H6BrN3/c10-9-5-8(6-12-13-9)7-1-3-11-4-2-7/h1-6H. The number of hydrogen-bond acceptors (Lipinski definition) is 3. The molecule has 0 aromatic carbocycles. The van der Waals surface area contributed by atoms with Gasteiger partial charge in [0.25, 0.3) is 0 Å². The summed E-state index contributed by atoms with van der Waals surface area (Å²) < 4.78 is 0.738. The van der Waals surface area contributed by atoms with E-state index in [0.29, 0.717) is 0 Å². The third-order valence-corrected chi connectivity index (χ3v) is 2.03. The molecule has 0 radical (unpaired) electrons. The van der Waals surface area contributed by atoms with Gasteiger partial charge in [-0.1, -0.05) is 0 Å². The van der Waals surface area contributed by atoms with Crippen molar-refractivity contribution in [3.8, 4) is 11.1 Å². The second kappa shape index (κ2) is 3.62. The van der Waals surface area contributed by atoms with Crippen LogP contribution in [0, 0.1) is 0 Å². The van der Waals surface area contributed by atoms with Crippen molar-refractivity contribution in [1.29, 1.82) is 0 Å². The van der Waals surface area contributed by atoms with Crippen LogP contribution in [0.5, 0.6) is 0 Å². The van der Waals surface area contributed by atoms with Gasteiger partial charge >= 0.3 is 0 Å². The number of rotatable bonds is 1. The van der Waals surface area contributed by atoms with E-state index in [2.05, 4.69) is 31.1 Å². The van der Waals surface area contributed by atoms with Gasteiger partial charge in [0.05, 0.1) is 6.20 Å². The smallest absolute Gasteiger partial charge is 0.129 e. The average Bonchev–Trinajstić information content (AvgIpc) is 2.19. The Morgan fingerprint density at radius 1 is 1.08 bits per heavy atom. The first kappa shape index (κ1) is 8.31. The van der Waals surface area contributed by atoms with Crippen molar-refractivity contribution < 1.29 is 0 Å². The van der Waals surface area contributed by atoms with Crippen molar-refractivity contribution in [3.05, 3.63) is 41.4 Å². The van der Waals surface area contributed by atoms with Gasteiger partial charge < -0.3 is 0 Å². The lowest BCUT2D eigenvalue weighted by molar-refractivity contribution is 1.01. The first-order chi connectivity index (χ1) is 6.36. The van der Waals surface area contributed by atoms with Crippen LogP contribution in [-0.4, -0.2) is 15.2 Å². The Bertz CT molecular complexity index is 403. The van der Waals surface area contributed by atoms with Gasteiger partial charge in [0.1, 0.15) is 4.60 Å². The molecular weight excluding hydrogens is 230 g/mol. The van der Waals surface area contributed by atoms with Crippen molar-refractivity contribution in [2.45, 2.75) is 0 Å². The average molecular weight is 236 g/mol. The van der Waals surface area contributed by atoms with Gasteiger partial charge in [-0.15, -0.1) is 5.10 Å². The normalized spacial score (nSPS) is 9.92. The Balaban J connectivity index is 2.48. The van der Waals surface area contributed by atoms with Crippen LogP contribution in [0.2, 0.25) is 0 Å². The molecule has 0 saturated carbocycles. The highest BCUT2D eigenvalue weighted by molar-refractivity contribution is 9.10. The molecule has 0 atom stereocenters. The highest BCUT2D eigenvalue weighted by Gasteiger charge is 1.97. The summed E-state index contributed by atoms with van der Waals surface area (Å²) >= 11 is 3.27. The number of aromatic nitrogens is 3. The Morgan fingerprint density at radius 2 is 1.85 bits per heavy atom. The van der Waals surface area contributed by atoms with Gasteiger partial charge in [-0.25, -0.2) is 0 Å². The molecular formula is C9H6BrN3. The molecule has 2 heterocycles. The molecule has 0 fully saturated rings. The summed E-state index contributed by atoms with van der Waals surface area (Å²) in [6.45, 7) is 0. The fourth-order valence-electron chi connectivity index (χ4n) is 1.04. The van der Waals surface area contributed by atoms with E-state index in [4.69, 9.17) is 0 Å². The van der Waals surface area contributed by atoms with Crippen LogP contribution in [0.25, 0.3) is 11.1 Å². The minimum atomic E-state index is 0.738. The van der Waals surface area contributed by atoms with E-state index in [0.717, 1.165) is 15.7 Å². The van der Waals surface area contributed by atoms with E-state index in [1.807, 2.05) is 18.2 Å². The minimum absolute atomic E-state index is 0.738. The van der Waals surface area contributed by atoms with Gasteiger partial charge in [-0.3, -0.25) is 4.98 Å². The second-order valence-electron chi connectivity index (χ2n) is 2.50. The highest BCUT2D eigenvalue weighted by Crippen LogP contribution is 2.18. The van der Waals surface area contributed by atoms with Gasteiger partial charge in [0, 0.05) is 18.0 Å². The topological polar surface area (TPSA) is 38.7 Å². The van der Waals surface area contributed by atoms with E-state index < -0.39 is 0 Å². The van der Waals surface area contributed by atoms with Crippen LogP contribution in [-0.2, 0) is 0 Å². The van der Waals surface area contributed by atoms with Crippen molar-refractivity contribution in [1.82, 2.24) is 15.2 Å². The number of nitrogens with zero attached hydrogens (tertiary/aromatic N) is 3. The van der Waals surface area contributed by atoms with Crippen LogP contribution in [0.3, 0.4) is 0 Å². The van der Waals surface area contributed by atoms with E-state index in [-0.39, 0.29) is 0 Å². The maximum Gasteiger partial charge on any atom is 0.129 e. The van der Waals surface area contributed by atoms with Crippen molar-refractivity contribution >= 4 is 15.9 Å². The van der Waals surface area contributed by atoms with Crippen LogP contribution < -0.4 is 0 Å². The molecule has 13 heavy (non-hydrogen) atoms. The molecule has 0 bridgehead atoms. The maximum atomic E-state index is 3.95. The highest BCUT2D eigenvalue weighted by atomic mass is 79.9. The van der Waals surface area contributed by atoms with Crippen LogP contribution in [0.15, 0.2) is 41.4 Å². The Kier molecular flexibility index (Phi) is 2.31. The fourth-order valence-corrected chi connectivity index (χ4v) is 1.38. The molecule has 0 spiro atoms. The monoisotopic (exact) mass is 235 g/mol. The van der Waals surface area contributed by atoms with Gasteiger partial charge in [-0.05, 0) is 39.7 Å². The molecule has 4 heteroatoms. The van der Waals surface area contributed by atoms with Crippen LogP contribution in [0.4, 0.5) is 0 Å². The number of pyridine rings is 1. The lowest BCUT2D eigenvalue weighted by Crippen LogP contribution is -1.84. The largest absolute Gasteiger partial charge is 0.265 e. The van der Waals surface area contributed by atoms with E-state index in [1.54, 1.807) is 18.6 Å². The molecule has 0 unspecified atom stereocenters. The zero-order valence-electron chi connectivity index (χ0n) is 6.68. The molecule has 0 amide bonds. The lowest BCUT2D eigenvalue weighted by atomic mass is 10.1. The molecule has 3 nitrogen and oxygen atoms in total. The summed E-state index contributed by atoms with van der Waals surface area (Å²) in [6, 6.07) is 5.79. The molecule has 2 aromatic heterocycles. The summed E-state index contributed by atoms with van der Waals surface area (Å²) in [5.74, 6) is 0. The molecule has 0 saturated heterocycles. The van der Waals surface area contributed by atoms with E-state index in [9.17, 15) is 0 Å². The van der Waals surface area contributed by atoms with Crippen molar-refractivity contribution in [2.24, 2.45) is 0 Å². The van der Waals surface area contributed by atoms with E-state index in [1.165, 1.54) is 0 Å². The molecule has 0 aliphatic rings. The summed E-state index contributed by atoms with van der Waals surface area (Å²) in [7, 11) is 0. The number of halogens is 1. The van der Waals surface area contributed by atoms with Crippen LogP contribution in [0.1, 0.15) is 0 Å². The molecule has 0 aliphatic carbocycles. The Labute approximate surface area is 84.0 Å². The summed E-state index contributed by atoms with van der Waals surface area (Å²) in [5.41, 5.74) is 2.12. The first-order valence-corrected chi connectivity index (χ1v) is 4.54. The van der Waals surface area contributed by atoms with Gasteiger partial charge in [0.15, 0.2) is 0 Å². The van der Waals surface area contributed by atoms with Crippen molar-refractivity contribution in [3.63, 3.8) is 0 Å². The molecule has 2 rings (SSSR count). The SMILES string of the molecule is Brc1cc(-c2ccncc2)cnn1. The molecule has 0 aliphatic heterocycles. The zero-order valence-corrected chi connectivity index (χ0v) is 8.27. The lowest BCUT2D eigenvalue weighted by Gasteiger charge is -1.98. The Hall–Kier alpha value is -1.29. The third kappa shape index (κ3) is 1.89. The van der Waals surface area contributed by atoms with Crippen molar-refractivity contribution in [2.75, 3.05) is 0 Å². The Morgan fingerprint density at radius 3 is 2.54 bits per heavy atom. The summed E-state index contributed by atoms with van der Waals surface area (Å²) in [6.07, 6.45) is 5.23. The summed E-state index contributed by atoms with van der Waals surface area (Å²) in [4.78, 5) is 3.95. The van der Waals surface area contributed by atoms with E-state index >= 15 is 0 Å². The second-order valence-corrected chi connectivity index (χ2v) is 3.32. The van der Waals surface area contributed by atoms with Gasteiger partial charge in [-0.2, -0.15) is 5.10 Å².